The van der Waals surface area contributed by atoms with Crippen molar-refractivity contribution in [1.29, 1.82) is 0 Å². The fourth-order valence-electron chi connectivity index (χ4n) is 6.69. The summed E-state index contributed by atoms with van der Waals surface area (Å²) < 4.78 is 1.95. The van der Waals surface area contributed by atoms with Gasteiger partial charge in [0, 0.05) is 47.5 Å². The van der Waals surface area contributed by atoms with Crippen LogP contribution in [0.2, 0.25) is 0 Å². The van der Waals surface area contributed by atoms with Gasteiger partial charge in [-0.05, 0) is 28.3 Å². The van der Waals surface area contributed by atoms with Crippen LogP contribution >= 0.6 is 0 Å². The van der Waals surface area contributed by atoms with Crippen LogP contribution in [-0.2, 0) is 20.9 Å². The number of carbonyl (C=O) groups is 3. The summed E-state index contributed by atoms with van der Waals surface area (Å²) in [6, 6.07) is 24.1. The number of imide groups is 1. The fraction of sp³-hybridized carbons (Fsp3) is 0.200. The third kappa shape index (κ3) is 3.06. The van der Waals surface area contributed by atoms with Crippen LogP contribution in [0.3, 0.4) is 0 Å². The summed E-state index contributed by atoms with van der Waals surface area (Å²) >= 11 is 0. The molecule has 2 heterocycles. The lowest BCUT2D eigenvalue weighted by Crippen LogP contribution is -2.41. The van der Waals surface area contributed by atoms with Crippen molar-refractivity contribution in [3.8, 4) is 0 Å². The van der Waals surface area contributed by atoms with Gasteiger partial charge in [-0.25, -0.2) is 0 Å². The van der Waals surface area contributed by atoms with Gasteiger partial charge in [-0.2, -0.15) is 10.1 Å². The Balaban J connectivity index is 1.27. The molecule has 4 aromatic rings. The van der Waals surface area contributed by atoms with E-state index in [0.29, 0.717) is 6.54 Å². The molecule has 0 saturated carbocycles. The standard InChI is InChI=1S/C30H24N4O3/c31-24(35)13-14-33-16-17(18-7-5-6-12-23(18)33)15-32-34-29(36)27-25-19-8-1-2-9-20(19)26(28(27)30(34)37)22-11-4-3-10-21(22)25/h1-12,15-16,25-28H,13-14H2,(H2,31,35)/b32-15-/t25?,26?,27-,28+. The maximum absolute atomic E-state index is 13.8. The molecular weight excluding hydrogens is 464 g/mol. The highest BCUT2D eigenvalue weighted by Gasteiger charge is 2.61. The molecule has 0 spiro atoms. The van der Waals surface area contributed by atoms with Gasteiger partial charge in [-0.15, -0.1) is 0 Å². The highest BCUT2D eigenvalue weighted by atomic mass is 16.2. The zero-order chi connectivity index (χ0) is 25.3. The summed E-state index contributed by atoms with van der Waals surface area (Å²) in [7, 11) is 0. The third-order valence-corrected chi connectivity index (χ3v) is 8.16. The number of primary amides is 1. The molecule has 2 N–H and O–H groups in total. The van der Waals surface area contributed by atoms with Crippen LogP contribution < -0.4 is 5.73 Å². The highest BCUT2D eigenvalue weighted by Crippen LogP contribution is 2.60. The van der Waals surface area contributed by atoms with E-state index in [0.717, 1.165) is 43.7 Å². The number of rotatable bonds is 5. The summed E-state index contributed by atoms with van der Waals surface area (Å²) in [4.78, 5) is 38.9. The quantitative estimate of drug-likeness (QED) is 0.342. The van der Waals surface area contributed by atoms with E-state index < -0.39 is 11.8 Å². The molecule has 8 rings (SSSR count). The molecule has 1 fully saturated rings. The smallest absolute Gasteiger partial charge is 0.254 e. The predicted molar refractivity (Wildman–Crippen MR) is 139 cm³/mol. The molecule has 2 bridgehead atoms. The number of benzene rings is 3. The van der Waals surface area contributed by atoms with Gasteiger partial charge >= 0.3 is 0 Å². The lowest BCUT2D eigenvalue weighted by Gasteiger charge is -2.45. The molecule has 37 heavy (non-hydrogen) atoms. The number of hydrazone groups is 1. The molecule has 0 radical (unpaired) electrons. The topological polar surface area (TPSA) is 97.8 Å². The highest BCUT2D eigenvalue weighted by molar-refractivity contribution is 6.09. The minimum atomic E-state index is -0.462. The van der Waals surface area contributed by atoms with E-state index in [9.17, 15) is 14.4 Å². The third-order valence-electron chi connectivity index (χ3n) is 8.16. The zero-order valence-electron chi connectivity index (χ0n) is 20.0. The Morgan fingerprint density at radius 1 is 0.811 bits per heavy atom. The van der Waals surface area contributed by atoms with Gasteiger partial charge in [0.2, 0.25) is 5.91 Å². The van der Waals surface area contributed by atoms with Crippen molar-refractivity contribution in [2.45, 2.75) is 24.8 Å². The number of nitrogens with zero attached hydrogens (tertiary/aromatic N) is 3. The van der Waals surface area contributed by atoms with Gasteiger partial charge in [0.05, 0.1) is 18.1 Å². The van der Waals surface area contributed by atoms with E-state index in [4.69, 9.17) is 5.73 Å². The predicted octanol–water partition coefficient (Wildman–Crippen LogP) is 3.74. The molecule has 0 unspecified atom stereocenters. The van der Waals surface area contributed by atoms with Crippen LogP contribution in [0.15, 0.2) is 84.1 Å². The Morgan fingerprint density at radius 3 is 1.86 bits per heavy atom. The van der Waals surface area contributed by atoms with Gasteiger partial charge in [0.25, 0.3) is 11.8 Å². The van der Waals surface area contributed by atoms with E-state index in [2.05, 4.69) is 29.4 Å². The summed E-state index contributed by atoms with van der Waals surface area (Å²) in [5, 5.41) is 6.47. The average molecular weight is 489 g/mol. The van der Waals surface area contributed by atoms with Crippen molar-refractivity contribution in [3.63, 3.8) is 0 Å². The summed E-state index contributed by atoms with van der Waals surface area (Å²) in [6.45, 7) is 0.440. The molecule has 2 atom stereocenters. The normalized spacial score (nSPS) is 23.5. The Hall–Kier alpha value is -4.52. The van der Waals surface area contributed by atoms with E-state index in [1.54, 1.807) is 6.21 Å². The second-order valence-corrected chi connectivity index (χ2v) is 10.0. The van der Waals surface area contributed by atoms with E-state index in [1.807, 2.05) is 59.3 Å². The maximum atomic E-state index is 13.8. The molecule has 3 amide bonds. The summed E-state index contributed by atoms with van der Waals surface area (Å²) in [5.74, 6) is -2.11. The summed E-state index contributed by atoms with van der Waals surface area (Å²) in [5.41, 5.74) is 11.6. The summed E-state index contributed by atoms with van der Waals surface area (Å²) in [6.07, 6.45) is 3.68. The number of hydrogen-bond acceptors (Lipinski definition) is 4. The van der Waals surface area contributed by atoms with Crippen molar-refractivity contribution in [2.24, 2.45) is 22.7 Å². The van der Waals surface area contributed by atoms with Gasteiger partial charge < -0.3 is 10.3 Å². The molecule has 1 aliphatic heterocycles. The van der Waals surface area contributed by atoms with Gasteiger partial charge in [0.1, 0.15) is 0 Å². The lowest BCUT2D eigenvalue weighted by atomic mass is 9.55. The number of para-hydroxylation sites is 1. The van der Waals surface area contributed by atoms with Crippen molar-refractivity contribution in [3.05, 3.63) is 107 Å². The Bertz CT molecular complexity index is 1540. The number of aryl methyl sites for hydroxylation is 1. The first-order valence-electron chi connectivity index (χ1n) is 12.5. The molecule has 3 aromatic carbocycles. The number of amides is 3. The SMILES string of the molecule is NC(=O)CCn1cc(/C=N\N2C(=O)[C@@H]3C4c5ccccc5C(c5ccccc54)[C@@H]3C2=O)c2ccccc21. The van der Waals surface area contributed by atoms with E-state index in [1.165, 1.54) is 0 Å². The first kappa shape index (κ1) is 21.7. The molecule has 7 heteroatoms. The van der Waals surface area contributed by atoms with Crippen LogP contribution in [0, 0.1) is 11.8 Å². The van der Waals surface area contributed by atoms with Crippen LogP contribution in [-0.4, -0.2) is 33.5 Å². The molecule has 1 saturated heterocycles. The second kappa shape index (κ2) is 8.00. The largest absolute Gasteiger partial charge is 0.370 e. The number of fused-ring (bicyclic) bond motifs is 1. The van der Waals surface area contributed by atoms with E-state index in [-0.39, 0.29) is 36.0 Å². The molecule has 1 aromatic heterocycles. The maximum Gasteiger partial charge on any atom is 0.254 e. The zero-order valence-corrected chi connectivity index (χ0v) is 20.0. The molecule has 4 aliphatic rings. The first-order chi connectivity index (χ1) is 18.0. The minimum Gasteiger partial charge on any atom is -0.370 e. The monoisotopic (exact) mass is 488 g/mol. The van der Waals surface area contributed by atoms with Crippen LogP contribution in [0.4, 0.5) is 0 Å². The van der Waals surface area contributed by atoms with Gasteiger partial charge in [0.15, 0.2) is 0 Å². The Morgan fingerprint density at radius 2 is 1.32 bits per heavy atom. The van der Waals surface area contributed by atoms with Crippen molar-refractivity contribution >= 4 is 34.8 Å². The van der Waals surface area contributed by atoms with Gasteiger partial charge in [-0.3, -0.25) is 14.4 Å². The Kier molecular flexibility index (Phi) is 4.70. The van der Waals surface area contributed by atoms with Gasteiger partial charge in [-0.1, -0.05) is 66.7 Å². The van der Waals surface area contributed by atoms with Crippen molar-refractivity contribution in [1.82, 2.24) is 9.58 Å². The molecule has 182 valence electrons. The second-order valence-electron chi connectivity index (χ2n) is 10.0. The average Bonchev–Trinajstić information content (AvgIpc) is 3.40. The number of aromatic nitrogens is 1. The Labute approximate surface area is 213 Å². The van der Waals surface area contributed by atoms with E-state index >= 15 is 0 Å². The molecule has 3 aliphatic carbocycles. The molecule has 7 nitrogen and oxygen atoms in total. The van der Waals surface area contributed by atoms with Crippen LogP contribution in [0.25, 0.3) is 10.9 Å². The molecular formula is C30H24N4O3. The van der Waals surface area contributed by atoms with Crippen LogP contribution in [0.1, 0.15) is 46.1 Å². The lowest BCUT2D eigenvalue weighted by molar-refractivity contribution is -0.140. The fourth-order valence-corrected chi connectivity index (χ4v) is 6.69. The minimum absolute atomic E-state index is 0.158. The first-order valence-corrected chi connectivity index (χ1v) is 12.5. The number of hydrogen-bond donors (Lipinski definition) is 1. The number of nitrogens with two attached hydrogens (primary N) is 1. The van der Waals surface area contributed by atoms with Crippen molar-refractivity contribution < 1.29 is 14.4 Å². The number of carbonyl (C=O) groups excluding carboxylic acids is 3. The van der Waals surface area contributed by atoms with Crippen molar-refractivity contribution in [2.75, 3.05) is 0 Å². The van der Waals surface area contributed by atoms with Crippen LogP contribution in [0.5, 0.6) is 0 Å².